The Morgan fingerprint density at radius 3 is 2.71 bits per heavy atom. The maximum atomic E-state index is 13.8. The van der Waals surface area contributed by atoms with Crippen LogP contribution in [0, 0.1) is 5.82 Å². The Hall–Kier alpha value is -3.28. The number of nitrogens with one attached hydrogen (secondary N) is 1. The van der Waals surface area contributed by atoms with Crippen molar-refractivity contribution in [2.45, 2.75) is 0 Å². The number of furan rings is 1. The van der Waals surface area contributed by atoms with E-state index in [1.807, 2.05) is 0 Å². The van der Waals surface area contributed by atoms with Crippen molar-refractivity contribution in [3.63, 3.8) is 0 Å². The highest BCUT2D eigenvalue weighted by atomic mass is 19.1. The lowest BCUT2D eigenvalue weighted by Crippen LogP contribution is -2.10. The molecule has 1 amide bonds. The monoisotopic (exact) mass is 325 g/mol. The second kappa shape index (κ2) is 5.73. The van der Waals surface area contributed by atoms with Crippen LogP contribution in [0.4, 0.5) is 10.1 Å². The summed E-state index contributed by atoms with van der Waals surface area (Å²) in [7, 11) is 0. The first-order valence-electron chi connectivity index (χ1n) is 7.26. The normalized spacial score (nSPS) is 12.2. The van der Waals surface area contributed by atoms with Gasteiger partial charge in [-0.3, -0.25) is 4.79 Å². The van der Waals surface area contributed by atoms with Crippen LogP contribution >= 0.6 is 0 Å². The van der Waals surface area contributed by atoms with E-state index < -0.39 is 11.7 Å². The fourth-order valence-corrected chi connectivity index (χ4v) is 2.43. The SMILES string of the molecule is O=C(Nc1ccc2c(c1)OCO2)c1ccc(-c2ccccc2F)o1. The predicted molar refractivity (Wildman–Crippen MR) is 84.6 cm³/mol. The van der Waals surface area contributed by atoms with Crippen LogP contribution in [-0.4, -0.2) is 12.7 Å². The van der Waals surface area contributed by atoms with Gasteiger partial charge in [0, 0.05) is 11.8 Å². The molecule has 2 aromatic carbocycles. The molecule has 0 aliphatic carbocycles. The van der Waals surface area contributed by atoms with Gasteiger partial charge < -0.3 is 19.2 Å². The Bertz CT molecular complexity index is 919. The zero-order valence-corrected chi connectivity index (χ0v) is 12.4. The summed E-state index contributed by atoms with van der Waals surface area (Å²) in [6.45, 7) is 0.164. The van der Waals surface area contributed by atoms with E-state index in [-0.39, 0.29) is 12.6 Å². The number of rotatable bonds is 3. The van der Waals surface area contributed by atoms with E-state index in [2.05, 4.69) is 5.32 Å². The Labute approximate surface area is 136 Å². The molecule has 0 radical (unpaired) electrons. The van der Waals surface area contributed by atoms with E-state index >= 15 is 0 Å². The number of halogens is 1. The molecule has 1 aromatic heterocycles. The third-order valence-electron chi connectivity index (χ3n) is 3.60. The van der Waals surface area contributed by atoms with Gasteiger partial charge in [0.1, 0.15) is 11.6 Å². The highest BCUT2D eigenvalue weighted by Crippen LogP contribution is 2.34. The maximum absolute atomic E-state index is 13.8. The van der Waals surface area contributed by atoms with E-state index in [0.29, 0.717) is 28.5 Å². The van der Waals surface area contributed by atoms with E-state index in [4.69, 9.17) is 13.9 Å². The molecule has 0 saturated carbocycles. The maximum Gasteiger partial charge on any atom is 0.291 e. The van der Waals surface area contributed by atoms with Crippen LogP contribution in [0.15, 0.2) is 59.0 Å². The van der Waals surface area contributed by atoms with Crippen molar-refractivity contribution in [3.8, 4) is 22.8 Å². The van der Waals surface area contributed by atoms with Crippen molar-refractivity contribution in [1.82, 2.24) is 0 Å². The van der Waals surface area contributed by atoms with Crippen LogP contribution in [0.5, 0.6) is 11.5 Å². The minimum Gasteiger partial charge on any atom is -0.454 e. The first kappa shape index (κ1) is 14.3. The molecule has 1 aliphatic heterocycles. The number of amides is 1. The number of hydrogen-bond donors (Lipinski definition) is 1. The van der Waals surface area contributed by atoms with Gasteiger partial charge in [0.15, 0.2) is 17.3 Å². The molecule has 2 heterocycles. The standard InChI is InChI=1S/C18H12FNO4/c19-13-4-2-1-3-12(13)14-7-8-16(24-14)18(21)20-11-5-6-15-17(9-11)23-10-22-15/h1-9H,10H2,(H,20,21). The van der Waals surface area contributed by atoms with Gasteiger partial charge in [0.2, 0.25) is 6.79 Å². The summed E-state index contributed by atoms with van der Waals surface area (Å²) in [6, 6.07) is 14.4. The Kier molecular flexibility index (Phi) is 3.42. The van der Waals surface area contributed by atoms with Gasteiger partial charge in [-0.2, -0.15) is 0 Å². The lowest BCUT2D eigenvalue weighted by molar-refractivity contribution is 0.0997. The largest absolute Gasteiger partial charge is 0.454 e. The fraction of sp³-hybridized carbons (Fsp3) is 0.0556. The summed E-state index contributed by atoms with van der Waals surface area (Å²) < 4.78 is 29.7. The Balaban J connectivity index is 1.54. The number of hydrogen-bond acceptors (Lipinski definition) is 4. The summed E-state index contributed by atoms with van der Waals surface area (Å²) in [4.78, 5) is 12.3. The number of ether oxygens (including phenoxy) is 2. The molecule has 0 unspecified atom stereocenters. The van der Waals surface area contributed by atoms with E-state index in [1.165, 1.54) is 12.1 Å². The first-order valence-corrected chi connectivity index (χ1v) is 7.26. The zero-order chi connectivity index (χ0) is 16.5. The summed E-state index contributed by atoms with van der Waals surface area (Å²) in [5, 5.41) is 2.71. The van der Waals surface area contributed by atoms with Crippen molar-refractivity contribution in [3.05, 3.63) is 66.2 Å². The fourth-order valence-electron chi connectivity index (χ4n) is 2.43. The van der Waals surface area contributed by atoms with Crippen LogP contribution in [0.1, 0.15) is 10.6 Å². The van der Waals surface area contributed by atoms with E-state index in [0.717, 1.165) is 0 Å². The van der Waals surface area contributed by atoms with Gasteiger partial charge in [-0.25, -0.2) is 4.39 Å². The second-order valence-electron chi connectivity index (χ2n) is 5.17. The summed E-state index contributed by atoms with van der Waals surface area (Å²) in [6.07, 6.45) is 0. The predicted octanol–water partition coefficient (Wildman–Crippen LogP) is 4.07. The molecule has 0 bridgehead atoms. The molecule has 5 nitrogen and oxygen atoms in total. The molecule has 6 heteroatoms. The molecule has 0 saturated heterocycles. The van der Waals surface area contributed by atoms with Crippen LogP contribution in [0.2, 0.25) is 0 Å². The number of carbonyl (C=O) groups excluding carboxylic acids is 1. The van der Waals surface area contributed by atoms with Crippen molar-refractivity contribution in [2.75, 3.05) is 12.1 Å². The van der Waals surface area contributed by atoms with Gasteiger partial charge in [0.25, 0.3) is 5.91 Å². The van der Waals surface area contributed by atoms with Crippen LogP contribution < -0.4 is 14.8 Å². The van der Waals surface area contributed by atoms with Gasteiger partial charge in [-0.15, -0.1) is 0 Å². The van der Waals surface area contributed by atoms with Crippen molar-refractivity contribution in [1.29, 1.82) is 0 Å². The summed E-state index contributed by atoms with van der Waals surface area (Å²) in [5.74, 6) is 0.744. The molecule has 0 spiro atoms. The topological polar surface area (TPSA) is 60.7 Å². The second-order valence-corrected chi connectivity index (χ2v) is 5.17. The molecule has 0 atom stereocenters. The number of carbonyl (C=O) groups is 1. The average molecular weight is 325 g/mol. The molecule has 120 valence electrons. The highest BCUT2D eigenvalue weighted by molar-refractivity contribution is 6.02. The molecule has 4 rings (SSSR count). The van der Waals surface area contributed by atoms with Crippen LogP contribution in [0.25, 0.3) is 11.3 Å². The molecular formula is C18H12FNO4. The van der Waals surface area contributed by atoms with Crippen molar-refractivity contribution >= 4 is 11.6 Å². The smallest absolute Gasteiger partial charge is 0.291 e. The Morgan fingerprint density at radius 2 is 1.83 bits per heavy atom. The Morgan fingerprint density at radius 1 is 1.00 bits per heavy atom. The van der Waals surface area contributed by atoms with Crippen LogP contribution in [-0.2, 0) is 0 Å². The zero-order valence-electron chi connectivity index (χ0n) is 12.4. The molecule has 3 aromatic rings. The quantitative estimate of drug-likeness (QED) is 0.788. The number of benzene rings is 2. The minimum absolute atomic E-state index is 0.0888. The summed E-state index contributed by atoms with van der Waals surface area (Å²) in [5.41, 5.74) is 0.854. The van der Waals surface area contributed by atoms with Gasteiger partial charge >= 0.3 is 0 Å². The molecule has 24 heavy (non-hydrogen) atoms. The molecule has 0 fully saturated rings. The highest BCUT2D eigenvalue weighted by Gasteiger charge is 2.17. The number of anilines is 1. The molecular weight excluding hydrogens is 313 g/mol. The molecule has 1 aliphatic rings. The van der Waals surface area contributed by atoms with E-state index in [1.54, 1.807) is 42.5 Å². The lowest BCUT2D eigenvalue weighted by atomic mass is 10.1. The average Bonchev–Trinajstić information content (AvgIpc) is 3.24. The van der Waals surface area contributed by atoms with Gasteiger partial charge in [-0.05, 0) is 36.4 Å². The van der Waals surface area contributed by atoms with Gasteiger partial charge in [0.05, 0.1) is 5.56 Å². The van der Waals surface area contributed by atoms with E-state index in [9.17, 15) is 9.18 Å². The summed E-state index contributed by atoms with van der Waals surface area (Å²) >= 11 is 0. The van der Waals surface area contributed by atoms with Crippen LogP contribution in [0.3, 0.4) is 0 Å². The third-order valence-corrected chi connectivity index (χ3v) is 3.60. The molecule has 1 N–H and O–H groups in total. The first-order chi connectivity index (χ1) is 11.7. The van der Waals surface area contributed by atoms with Crippen molar-refractivity contribution in [2.24, 2.45) is 0 Å². The lowest BCUT2D eigenvalue weighted by Gasteiger charge is -2.04. The third kappa shape index (κ3) is 2.58. The minimum atomic E-state index is -0.434. The van der Waals surface area contributed by atoms with Gasteiger partial charge in [-0.1, -0.05) is 12.1 Å². The van der Waals surface area contributed by atoms with Crippen molar-refractivity contribution < 1.29 is 23.1 Å². The number of fused-ring (bicyclic) bond motifs is 1.